The Kier molecular flexibility index (Phi) is 5.13. The summed E-state index contributed by atoms with van der Waals surface area (Å²) < 4.78 is 28.9. The molecule has 1 aliphatic rings. The van der Waals surface area contributed by atoms with Crippen molar-refractivity contribution in [3.63, 3.8) is 0 Å². The van der Waals surface area contributed by atoms with E-state index >= 15 is 0 Å². The van der Waals surface area contributed by atoms with Crippen molar-refractivity contribution in [1.29, 1.82) is 0 Å². The molecule has 0 spiro atoms. The normalized spacial score (nSPS) is 18.7. The Morgan fingerprint density at radius 3 is 2.48 bits per heavy atom. The summed E-state index contributed by atoms with van der Waals surface area (Å²) >= 11 is 3.43. The molecule has 1 fully saturated rings. The minimum Gasteiger partial charge on any atom is -0.317 e. The molecule has 1 aliphatic heterocycles. The van der Waals surface area contributed by atoms with Crippen LogP contribution in [0.2, 0.25) is 0 Å². The van der Waals surface area contributed by atoms with Crippen molar-refractivity contribution in [3.05, 3.63) is 27.7 Å². The third-order valence-electron chi connectivity index (χ3n) is 4.25. The summed E-state index contributed by atoms with van der Waals surface area (Å²) in [7, 11) is -3.46. The van der Waals surface area contributed by atoms with Gasteiger partial charge in [0.15, 0.2) is 0 Å². The predicted octanol–water partition coefficient (Wildman–Crippen LogP) is 2.73. The molecular weight excluding hydrogens is 352 g/mol. The van der Waals surface area contributed by atoms with E-state index in [0.29, 0.717) is 11.4 Å². The van der Waals surface area contributed by atoms with E-state index in [-0.39, 0.29) is 5.41 Å². The molecule has 0 bridgehead atoms. The maximum Gasteiger partial charge on any atom is 0.240 e. The van der Waals surface area contributed by atoms with E-state index in [4.69, 9.17) is 0 Å². The molecule has 2 N–H and O–H groups in total. The van der Waals surface area contributed by atoms with E-state index < -0.39 is 10.0 Å². The van der Waals surface area contributed by atoms with Crippen LogP contribution >= 0.6 is 15.9 Å². The second kappa shape index (κ2) is 6.36. The highest BCUT2D eigenvalue weighted by Crippen LogP contribution is 2.28. The van der Waals surface area contributed by atoms with Crippen LogP contribution in [0.4, 0.5) is 0 Å². The number of hydrogen-bond acceptors (Lipinski definition) is 3. The molecule has 1 saturated heterocycles. The molecule has 0 unspecified atom stereocenters. The van der Waals surface area contributed by atoms with Gasteiger partial charge in [-0.2, -0.15) is 0 Å². The molecule has 0 amide bonds. The molecule has 118 valence electrons. The molecule has 0 saturated carbocycles. The van der Waals surface area contributed by atoms with Gasteiger partial charge < -0.3 is 5.32 Å². The van der Waals surface area contributed by atoms with Crippen LogP contribution in [0, 0.1) is 19.3 Å². The van der Waals surface area contributed by atoms with Crippen LogP contribution in [-0.2, 0) is 10.0 Å². The van der Waals surface area contributed by atoms with Gasteiger partial charge in [-0.3, -0.25) is 0 Å². The zero-order valence-electron chi connectivity index (χ0n) is 12.8. The molecule has 2 rings (SSSR count). The Morgan fingerprint density at radius 2 is 1.86 bits per heavy atom. The van der Waals surface area contributed by atoms with Crippen molar-refractivity contribution in [2.75, 3.05) is 19.6 Å². The fourth-order valence-corrected chi connectivity index (χ4v) is 4.56. The van der Waals surface area contributed by atoms with Gasteiger partial charge in [0.1, 0.15) is 0 Å². The quantitative estimate of drug-likeness (QED) is 0.851. The zero-order chi connectivity index (χ0) is 15.7. The Bertz CT molecular complexity index is 623. The first-order valence-corrected chi connectivity index (χ1v) is 9.48. The Hall–Kier alpha value is -0.430. The monoisotopic (exact) mass is 374 g/mol. The standard InChI is InChI=1S/C15H23BrN2O2S/c1-11-9-14(12(2)8-13(11)16)21(19,20)18-10-15(3)4-6-17-7-5-15/h8-9,17-18H,4-7,10H2,1-3H3. The summed E-state index contributed by atoms with van der Waals surface area (Å²) in [6.07, 6.45) is 1.99. The second-order valence-electron chi connectivity index (χ2n) is 6.25. The lowest BCUT2D eigenvalue weighted by Crippen LogP contribution is -2.42. The molecule has 0 aliphatic carbocycles. The number of nitrogens with one attached hydrogen (secondary N) is 2. The van der Waals surface area contributed by atoms with Gasteiger partial charge in [-0.15, -0.1) is 0 Å². The van der Waals surface area contributed by atoms with Crippen molar-refractivity contribution in [1.82, 2.24) is 10.0 Å². The minimum absolute atomic E-state index is 0.0383. The maximum absolute atomic E-state index is 12.6. The van der Waals surface area contributed by atoms with Gasteiger partial charge in [0.05, 0.1) is 4.90 Å². The maximum atomic E-state index is 12.6. The highest BCUT2D eigenvalue weighted by Gasteiger charge is 2.29. The molecule has 4 nitrogen and oxygen atoms in total. The first-order valence-electron chi connectivity index (χ1n) is 7.21. The highest BCUT2D eigenvalue weighted by molar-refractivity contribution is 9.10. The summed E-state index contributed by atoms with van der Waals surface area (Å²) in [5.41, 5.74) is 1.72. The second-order valence-corrected chi connectivity index (χ2v) is 8.84. The van der Waals surface area contributed by atoms with Crippen LogP contribution in [0.1, 0.15) is 30.9 Å². The third kappa shape index (κ3) is 4.06. The predicted molar refractivity (Wildman–Crippen MR) is 89.0 cm³/mol. The van der Waals surface area contributed by atoms with Gasteiger partial charge >= 0.3 is 0 Å². The van der Waals surface area contributed by atoms with Gasteiger partial charge in [0.25, 0.3) is 0 Å². The lowest BCUT2D eigenvalue weighted by Gasteiger charge is -2.34. The molecular formula is C15H23BrN2O2S. The first kappa shape index (κ1) is 16.9. The van der Waals surface area contributed by atoms with Crippen molar-refractivity contribution in [2.24, 2.45) is 5.41 Å². The van der Waals surface area contributed by atoms with Crippen LogP contribution in [0.3, 0.4) is 0 Å². The minimum atomic E-state index is -3.46. The molecule has 1 aromatic carbocycles. The van der Waals surface area contributed by atoms with Crippen molar-refractivity contribution in [2.45, 2.75) is 38.5 Å². The van der Waals surface area contributed by atoms with Gasteiger partial charge in [-0.25, -0.2) is 13.1 Å². The fourth-order valence-electron chi connectivity index (χ4n) is 2.60. The van der Waals surface area contributed by atoms with Crippen LogP contribution in [0.25, 0.3) is 0 Å². The highest BCUT2D eigenvalue weighted by atomic mass is 79.9. The Morgan fingerprint density at radius 1 is 1.24 bits per heavy atom. The van der Waals surface area contributed by atoms with E-state index in [0.717, 1.165) is 41.5 Å². The molecule has 0 aromatic heterocycles. The van der Waals surface area contributed by atoms with Crippen LogP contribution < -0.4 is 10.0 Å². The molecule has 21 heavy (non-hydrogen) atoms. The number of piperidine rings is 1. The van der Waals surface area contributed by atoms with E-state index in [1.807, 2.05) is 19.9 Å². The summed E-state index contributed by atoms with van der Waals surface area (Å²) in [4.78, 5) is 0.376. The van der Waals surface area contributed by atoms with Gasteiger partial charge in [-0.1, -0.05) is 22.9 Å². The number of rotatable bonds is 4. The summed E-state index contributed by atoms with van der Waals surface area (Å²) in [6, 6.07) is 3.59. The van der Waals surface area contributed by atoms with Gasteiger partial charge in [0, 0.05) is 11.0 Å². The summed E-state index contributed by atoms with van der Waals surface area (Å²) in [6.45, 7) is 8.27. The first-order chi connectivity index (χ1) is 9.73. The van der Waals surface area contributed by atoms with E-state index in [2.05, 4.69) is 32.9 Å². The van der Waals surface area contributed by atoms with Crippen molar-refractivity contribution < 1.29 is 8.42 Å². The summed E-state index contributed by atoms with van der Waals surface area (Å²) in [5.74, 6) is 0. The third-order valence-corrected chi connectivity index (χ3v) is 6.64. The van der Waals surface area contributed by atoms with E-state index in [1.165, 1.54) is 0 Å². The fraction of sp³-hybridized carbons (Fsp3) is 0.600. The van der Waals surface area contributed by atoms with Crippen LogP contribution in [-0.4, -0.2) is 28.1 Å². The van der Waals surface area contributed by atoms with Crippen LogP contribution in [0.15, 0.2) is 21.5 Å². The number of halogens is 1. The summed E-state index contributed by atoms with van der Waals surface area (Å²) in [5, 5.41) is 3.31. The Labute approximate surface area is 135 Å². The van der Waals surface area contributed by atoms with E-state index in [1.54, 1.807) is 6.07 Å². The molecule has 0 atom stereocenters. The molecule has 0 radical (unpaired) electrons. The van der Waals surface area contributed by atoms with Crippen molar-refractivity contribution in [3.8, 4) is 0 Å². The molecule has 1 aromatic rings. The van der Waals surface area contributed by atoms with Crippen molar-refractivity contribution >= 4 is 26.0 Å². The zero-order valence-corrected chi connectivity index (χ0v) is 15.2. The Balaban J connectivity index is 2.17. The molecule has 6 heteroatoms. The smallest absolute Gasteiger partial charge is 0.240 e. The SMILES string of the molecule is Cc1cc(S(=O)(=O)NCC2(C)CCNCC2)c(C)cc1Br. The lowest BCUT2D eigenvalue weighted by atomic mass is 9.81. The van der Waals surface area contributed by atoms with Gasteiger partial charge in [-0.05, 0) is 68.5 Å². The number of benzene rings is 1. The number of sulfonamides is 1. The largest absolute Gasteiger partial charge is 0.317 e. The van der Waals surface area contributed by atoms with Gasteiger partial charge in [0.2, 0.25) is 10.0 Å². The van der Waals surface area contributed by atoms with Crippen LogP contribution in [0.5, 0.6) is 0 Å². The average Bonchev–Trinajstić information content (AvgIpc) is 2.42. The number of aryl methyl sites for hydroxylation is 2. The molecule has 1 heterocycles. The number of hydrogen-bond donors (Lipinski definition) is 2. The average molecular weight is 375 g/mol. The topological polar surface area (TPSA) is 58.2 Å². The lowest BCUT2D eigenvalue weighted by molar-refractivity contribution is 0.232. The van der Waals surface area contributed by atoms with E-state index in [9.17, 15) is 8.42 Å².